The van der Waals surface area contributed by atoms with Crippen molar-refractivity contribution in [1.29, 1.82) is 0 Å². The van der Waals surface area contributed by atoms with Gasteiger partial charge in [0.15, 0.2) is 0 Å². The first-order valence-corrected chi connectivity index (χ1v) is 18.8. The third-order valence-electron chi connectivity index (χ3n) is 8.62. The average molecular weight is 708 g/mol. The molecule has 52 heavy (non-hydrogen) atoms. The first kappa shape index (κ1) is 39.7. The summed E-state index contributed by atoms with van der Waals surface area (Å²) in [7, 11) is 0. The van der Waals surface area contributed by atoms with Gasteiger partial charge in [-0.25, -0.2) is 9.59 Å². The van der Waals surface area contributed by atoms with Crippen LogP contribution in [0.5, 0.6) is 23.0 Å². The number of amides is 1. The van der Waals surface area contributed by atoms with Crippen molar-refractivity contribution in [3.8, 4) is 23.0 Å². The molecule has 0 atom stereocenters. The number of nitrogens with one attached hydrogen (secondary N) is 1. The van der Waals surface area contributed by atoms with Crippen LogP contribution >= 0.6 is 0 Å². The van der Waals surface area contributed by atoms with E-state index in [4.69, 9.17) is 18.9 Å². The minimum atomic E-state index is -0.636. The highest BCUT2D eigenvalue weighted by Gasteiger charge is 2.20. The van der Waals surface area contributed by atoms with E-state index < -0.39 is 17.8 Å². The molecule has 0 bridgehead atoms. The number of rotatable bonds is 23. The summed E-state index contributed by atoms with van der Waals surface area (Å²) in [6.45, 7) is 5.91. The molecule has 0 aliphatic carbocycles. The van der Waals surface area contributed by atoms with Crippen molar-refractivity contribution in [2.45, 2.75) is 97.4 Å². The third-order valence-corrected chi connectivity index (χ3v) is 8.62. The van der Waals surface area contributed by atoms with Crippen molar-refractivity contribution in [1.82, 2.24) is 5.32 Å². The second-order valence-corrected chi connectivity index (χ2v) is 12.9. The lowest BCUT2D eigenvalue weighted by molar-refractivity contribution is 0.0715. The van der Waals surface area contributed by atoms with Crippen molar-refractivity contribution in [3.05, 3.63) is 119 Å². The van der Waals surface area contributed by atoms with E-state index in [2.05, 4.69) is 19.2 Å². The van der Waals surface area contributed by atoms with E-state index in [1.165, 1.54) is 69.6 Å². The van der Waals surface area contributed by atoms with Crippen LogP contribution in [-0.2, 0) is 6.54 Å². The molecule has 0 radical (unpaired) electrons. The minimum Gasteiger partial charge on any atom is -0.494 e. The zero-order valence-corrected chi connectivity index (χ0v) is 30.7. The van der Waals surface area contributed by atoms with Crippen LogP contribution in [-0.4, -0.2) is 31.1 Å². The molecule has 0 heterocycles. The summed E-state index contributed by atoms with van der Waals surface area (Å²) in [5.74, 6) is -0.202. The Kier molecular flexibility index (Phi) is 17.3. The number of ether oxygens (including phenoxy) is 4. The molecule has 0 aliphatic rings. The van der Waals surface area contributed by atoms with Crippen LogP contribution in [0.1, 0.15) is 128 Å². The van der Waals surface area contributed by atoms with Crippen molar-refractivity contribution in [2.24, 2.45) is 0 Å². The molecule has 8 nitrogen and oxygen atoms in total. The Morgan fingerprint density at radius 3 is 1.54 bits per heavy atom. The number of carbonyl (C=O) groups is 3. The van der Waals surface area contributed by atoms with Gasteiger partial charge in [0.05, 0.1) is 29.9 Å². The summed E-state index contributed by atoms with van der Waals surface area (Å²) >= 11 is 0. The van der Waals surface area contributed by atoms with E-state index in [9.17, 15) is 14.4 Å². The fourth-order valence-corrected chi connectivity index (χ4v) is 5.56. The lowest BCUT2D eigenvalue weighted by Gasteiger charge is -2.13. The van der Waals surface area contributed by atoms with E-state index in [0.717, 1.165) is 31.2 Å². The maximum absolute atomic E-state index is 13.4. The van der Waals surface area contributed by atoms with Crippen LogP contribution in [0.15, 0.2) is 97.1 Å². The topological polar surface area (TPSA) is 100 Å². The first-order valence-electron chi connectivity index (χ1n) is 18.8. The molecule has 0 spiro atoms. The number of hydrogen-bond acceptors (Lipinski definition) is 7. The van der Waals surface area contributed by atoms with Crippen LogP contribution in [0.4, 0.5) is 0 Å². The molecule has 0 aliphatic heterocycles. The summed E-state index contributed by atoms with van der Waals surface area (Å²) in [6.07, 6.45) is 14.1. The van der Waals surface area contributed by atoms with Gasteiger partial charge in [-0.15, -0.1) is 0 Å². The summed E-state index contributed by atoms with van der Waals surface area (Å²) < 4.78 is 23.0. The molecule has 276 valence electrons. The SMILES string of the molecule is CCCCCCCCOc1ccc(C(=O)Oc2ccc(OC(=O)c3ccc(OCCCCCCCC)cc3)c(C(=O)NCc3ccccc3)c2)cc1. The van der Waals surface area contributed by atoms with E-state index in [-0.39, 0.29) is 23.6 Å². The molecule has 4 aromatic carbocycles. The normalized spacial score (nSPS) is 10.7. The van der Waals surface area contributed by atoms with E-state index in [1.54, 1.807) is 48.5 Å². The molecular weight excluding hydrogens is 654 g/mol. The Morgan fingerprint density at radius 1 is 0.519 bits per heavy atom. The highest BCUT2D eigenvalue weighted by Crippen LogP contribution is 2.27. The summed E-state index contributed by atoms with van der Waals surface area (Å²) in [4.78, 5) is 39.7. The Bertz CT molecular complexity index is 1650. The number of esters is 2. The highest BCUT2D eigenvalue weighted by atomic mass is 16.5. The van der Waals surface area contributed by atoms with E-state index in [1.807, 2.05) is 30.3 Å². The van der Waals surface area contributed by atoms with Gasteiger partial charge in [0.25, 0.3) is 5.91 Å². The van der Waals surface area contributed by atoms with Gasteiger partial charge in [-0.3, -0.25) is 4.79 Å². The highest BCUT2D eigenvalue weighted by molar-refractivity contribution is 6.00. The van der Waals surface area contributed by atoms with Gasteiger partial charge < -0.3 is 24.3 Å². The first-order chi connectivity index (χ1) is 25.5. The van der Waals surface area contributed by atoms with Crippen LogP contribution in [0.2, 0.25) is 0 Å². The molecule has 8 heteroatoms. The number of hydrogen-bond donors (Lipinski definition) is 1. The van der Waals surface area contributed by atoms with Gasteiger partial charge in [0, 0.05) is 6.54 Å². The zero-order chi connectivity index (χ0) is 36.8. The fourth-order valence-electron chi connectivity index (χ4n) is 5.56. The molecule has 0 saturated carbocycles. The summed E-state index contributed by atoms with van der Waals surface area (Å²) in [5, 5.41) is 2.87. The number of benzene rings is 4. The van der Waals surface area contributed by atoms with Gasteiger partial charge in [0.1, 0.15) is 23.0 Å². The minimum absolute atomic E-state index is 0.0330. The monoisotopic (exact) mass is 707 g/mol. The zero-order valence-electron chi connectivity index (χ0n) is 30.7. The van der Waals surface area contributed by atoms with Crippen LogP contribution in [0.25, 0.3) is 0 Å². The molecule has 0 saturated heterocycles. The molecule has 4 aromatic rings. The molecule has 0 fully saturated rings. The predicted molar refractivity (Wildman–Crippen MR) is 205 cm³/mol. The molecule has 0 aromatic heterocycles. The van der Waals surface area contributed by atoms with Crippen LogP contribution < -0.4 is 24.3 Å². The second kappa shape index (κ2) is 22.7. The van der Waals surface area contributed by atoms with Crippen molar-refractivity contribution >= 4 is 17.8 Å². The molecule has 0 unspecified atom stereocenters. The van der Waals surface area contributed by atoms with Gasteiger partial charge in [0.2, 0.25) is 0 Å². The average Bonchev–Trinajstić information content (AvgIpc) is 3.17. The van der Waals surface area contributed by atoms with E-state index in [0.29, 0.717) is 35.8 Å². The summed E-state index contributed by atoms with van der Waals surface area (Å²) in [5.41, 5.74) is 1.58. The predicted octanol–water partition coefficient (Wildman–Crippen LogP) is 10.5. The van der Waals surface area contributed by atoms with Gasteiger partial charge in [-0.2, -0.15) is 0 Å². The third kappa shape index (κ3) is 13.9. The quantitative estimate of drug-likeness (QED) is 0.0465. The Morgan fingerprint density at radius 2 is 1.00 bits per heavy atom. The van der Waals surface area contributed by atoms with Crippen LogP contribution in [0.3, 0.4) is 0 Å². The van der Waals surface area contributed by atoms with Crippen molar-refractivity contribution < 1.29 is 33.3 Å². The lowest BCUT2D eigenvalue weighted by atomic mass is 10.1. The van der Waals surface area contributed by atoms with E-state index >= 15 is 0 Å². The van der Waals surface area contributed by atoms with Gasteiger partial charge >= 0.3 is 11.9 Å². The maximum Gasteiger partial charge on any atom is 0.343 e. The number of unbranched alkanes of at least 4 members (excludes halogenated alkanes) is 10. The van der Waals surface area contributed by atoms with Crippen LogP contribution in [0, 0.1) is 0 Å². The summed E-state index contributed by atoms with van der Waals surface area (Å²) in [6, 6.07) is 27.3. The maximum atomic E-state index is 13.4. The second-order valence-electron chi connectivity index (χ2n) is 12.9. The largest absolute Gasteiger partial charge is 0.494 e. The molecule has 4 rings (SSSR count). The standard InChI is InChI=1S/C44H53NO7/c1-3-5-7-9-11-16-30-49-37-24-20-35(21-25-37)43(47)51-39-28-29-41(40(32-39)42(46)45-33-34-18-14-13-15-19-34)52-44(48)36-22-26-38(27-23-36)50-31-17-12-10-8-6-4-2/h13-15,18-29,32H,3-12,16-17,30-31,33H2,1-2H3,(H,45,46). The molecule has 1 N–H and O–H groups in total. The Hall–Kier alpha value is -5.11. The van der Waals surface area contributed by atoms with Crippen molar-refractivity contribution in [3.63, 3.8) is 0 Å². The van der Waals surface area contributed by atoms with Crippen molar-refractivity contribution in [2.75, 3.05) is 13.2 Å². The molecule has 1 amide bonds. The Balaban J connectivity index is 1.37. The van der Waals surface area contributed by atoms with Gasteiger partial charge in [-0.05, 0) is 85.1 Å². The fraction of sp³-hybridized carbons (Fsp3) is 0.386. The van der Waals surface area contributed by atoms with Gasteiger partial charge in [-0.1, -0.05) is 108 Å². The Labute approximate surface area is 308 Å². The lowest BCUT2D eigenvalue weighted by Crippen LogP contribution is -2.24. The smallest absolute Gasteiger partial charge is 0.343 e. The number of carbonyl (C=O) groups excluding carboxylic acids is 3. The molecular formula is C44H53NO7.